The number of H-pyrrole nitrogens is 1. The lowest BCUT2D eigenvalue weighted by molar-refractivity contribution is 0.533. The molecule has 2 N–H and O–H groups in total. The Morgan fingerprint density at radius 1 is 1.50 bits per heavy atom. The van der Waals surface area contributed by atoms with Gasteiger partial charge in [0.05, 0.1) is 5.69 Å². The van der Waals surface area contributed by atoms with Gasteiger partial charge >= 0.3 is 0 Å². The van der Waals surface area contributed by atoms with Gasteiger partial charge in [-0.25, -0.2) is 0 Å². The summed E-state index contributed by atoms with van der Waals surface area (Å²) >= 11 is 0. The maximum Gasteiger partial charge on any atom is 0.0638 e. The molecule has 0 saturated carbocycles. The molecule has 4 nitrogen and oxygen atoms in total. The van der Waals surface area contributed by atoms with Crippen LogP contribution in [-0.2, 0) is 17.3 Å². The molecule has 1 rings (SSSR count). The van der Waals surface area contributed by atoms with E-state index in [0.29, 0.717) is 6.04 Å². The van der Waals surface area contributed by atoms with Gasteiger partial charge in [0, 0.05) is 46.7 Å². The van der Waals surface area contributed by atoms with Crippen molar-refractivity contribution >= 4 is 10.8 Å². The first kappa shape index (κ1) is 13.4. The summed E-state index contributed by atoms with van der Waals surface area (Å²) in [6.45, 7) is 6.98. The van der Waals surface area contributed by atoms with E-state index in [-0.39, 0.29) is 0 Å². The summed E-state index contributed by atoms with van der Waals surface area (Å²) < 4.78 is 11.0. The minimum absolute atomic E-state index is 0.387. The van der Waals surface area contributed by atoms with Crippen LogP contribution in [0.3, 0.4) is 0 Å². The maximum atomic E-state index is 11.0. The van der Waals surface area contributed by atoms with Crippen LogP contribution >= 0.6 is 0 Å². The molecule has 0 amide bonds. The third kappa shape index (κ3) is 4.06. The van der Waals surface area contributed by atoms with Crippen molar-refractivity contribution in [2.24, 2.45) is 0 Å². The highest BCUT2D eigenvalue weighted by molar-refractivity contribution is 7.84. The summed E-state index contributed by atoms with van der Waals surface area (Å²) in [5.41, 5.74) is 3.41. The number of hydrogen-bond donors (Lipinski definition) is 2. The van der Waals surface area contributed by atoms with Gasteiger partial charge in [-0.3, -0.25) is 9.31 Å². The normalized spacial score (nSPS) is 15.0. The van der Waals surface area contributed by atoms with Crippen molar-refractivity contribution in [3.63, 3.8) is 0 Å². The second kappa shape index (κ2) is 6.15. The van der Waals surface area contributed by atoms with E-state index in [1.165, 1.54) is 5.56 Å². The molecule has 5 heteroatoms. The molecular formula is C11H21N3OS. The Hall–Kier alpha value is -0.680. The molecule has 0 bridgehead atoms. The van der Waals surface area contributed by atoms with E-state index in [1.807, 2.05) is 13.8 Å². The summed E-state index contributed by atoms with van der Waals surface area (Å²) in [5.74, 6) is 0.761. The van der Waals surface area contributed by atoms with Gasteiger partial charge in [0.25, 0.3) is 0 Å². The zero-order chi connectivity index (χ0) is 12.1. The van der Waals surface area contributed by atoms with E-state index in [4.69, 9.17) is 0 Å². The maximum absolute atomic E-state index is 11.0. The number of aryl methyl sites for hydroxylation is 2. The van der Waals surface area contributed by atoms with E-state index in [0.717, 1.165) is 30.1 Å². The molecule has 1 heterocycles. The van der Waals surface area contributed by atoms with E-state index in [1.54, 1.807) is 6.26 Å². The third-order valence-electron chi connectivity index (χ3n) is 2.75. The molecule has 0 aliphatic rings. The Bertz CT molecular complexity index is 343. The molecule has 16 heavy (non-hydrogen) atoms. The van der Waals surface area contributed by atoms with Crippen LogP contribution in [0, 0.1) is 13.8 Å². The number of rotatable bonds is 6. The summed E-state index contributed by atoms with van der Waals surface area (Å²) in [7, 11) is -0.694. The van der Waals surface area contributed by atoms with Gasteiger partial charge in [0.1, 0.15) is 0 Å². The van der Waals surface area contributed by atoms with Gasteiger partial charge in [-0.1, -0.05) is 0 Å². The largest absolute Gasteiger partial charge is 0.310 e. The summed E-state index contributed by atoms with van der Waals surface area (Å²) in [4.78, 5) is 0. The predicted octanol–water partition coefficient (Wildman–Crippen LogP) is 1.27. The highest BCUT2D eigenvalue weighted by Gasteiger charge is 2.08. The number of hydrogen-bond acceptors (Lipinski definition) is 3. The van der Waals surface area contributed by atoms with Gasteiger partial charge in [-0.2, -0.15) is 5.10 Å². The Labute approximate surface area is 99.7 Å². The average Bonchev–Trinajstić information content (AvgIpc) is 2.53. The standard InChI is InChI=1S/C11H21N3OS/c1-8(5-6-16(4)15)12-7-11-9(2)13-14-10(11)3/h8,12H,5-7H2,1-4H3,(H,13,14). The molecule has 0 saturated heterocycles. The van der Waals surface area contributed by atoms with Gasteiger partial charge < -0.3 is 5.32 Å². The molecular weight excluding hydrogens is 222 g/mol. The number of nitrogens with one attached hydrogen (secondary N) is 2. The molecule has 0 aliphatic carbocycles. The van der Waals surface area contributed by atoms with Gasteiger partial charge in [-0.15, -0.1) is 0 Å². The SMILES string of the molecule is Cc1n[nH]c(C)c1CNC(C)CCS(C)=O. The molecule has 2 unspecified atom stereocenters. The zero-order valence-electron chi connectivity index (χ0n) is 10.5. The van der Waals surface area contributed by atoms with Gasteiger partial charge in [0.15, 0.2) is 0 Å². The molecule has 0 aromatic carbocycles. The van der Waals surface area contributed by atoms with Crippen molar-refractivity contribution in [2.75, 3.05) is 12.0 Å². The van der Waals surface area contributed by atoms with Crippen molar-refractivity contribution in [2.45, 2.75) is 39.8 Å². The van der Waals surface area contributed by atoms with Crippen molar-refractivity contribution in [1.29, 1.82) is 0 Å². The Balaban J connectivity index is 2.37. The van der Waals surface area contributed by atoms with Crippen molar-refractivity contribution in [3.05, 3.63) is 17.0 Å². The van der Waals surface area contributed by atoms with Crippen molar-refractivity contribution in [1.82, 2.24) is 15.5 Å². The molecule has 0 fully saturated rings. The lowest BCUT2D eigenvalue weighted by Crippen LogP contribution is -2.27. The fourth-order valence-electron chi connectivity index (χ4n) is 1.56. The first-order chi connectivity index (χ1) is 7.50. The van der Waals surface area contributed by atoms with Crippen LogP contribution in [0.15, 0.2) is 0 Å². The van der Waals surface area contributed by atoms with Crippen molar-refractivity contribution in [3.8, 4) is 0 Å². The van der Waals surface area contributed by atoms with Crippen molar-refractivity contribution < 1.29 is 4.21 Å². The van der Waals surface area contributed by atoms with E-state index in [2.05, 4.69) is 22.4 Å². The Kier molecular flexibility index (Phi) is 5.15. The summed E-state index contributed by atoms with van der Waals surface area (Å²) in [6.07, 6.45) is 2.69. The van der Waals surface area contributed by atoms with E-state index >= 15 is 0 Å². The van der Waals surface area contributed by atoms with E-state index in [9.17, 15) is 4.21 Å². The second-order valence-electron chi connectivity index (χ2n) is 4.26. The number of nitrogens with zero attached hydrogens (tertiary/aromatic N) is 1. The Morgan fingerprint density at radius 3 is 2.69 bits per heavy atom. The predicted molar refractivity (Wildman–Crippen MR) is 67.9 cm³/mol. The van der Waals surface area contributed by atoms with Crippen LogP contribution in [0.5, 0.6) is 0 Å². The lowest BCUT2D eigenvalue weighted by Gasteiger charge is -2.13. The summed E-state index contributed by atoms with van der Waals surface area (Å²) in [6, 6.07) is 0.387. The quantitative estimate of drug-likeness (QED) is 0.791. The van der Waals surface area contributed by atoms with Crippen LogP contribution in [-0.4, -0.2) is 32.5 Å². The fourth-order valence-corrected chi connectivity index (χ4v) is 2.24. The van der Waals surface area contributed by atoms with Crippen LogP contribution in [0.25, 0.3) is 0 Å². The van der Waals surface area contributed by atoms with Crippen LogP contribution in [0.1, 0.15) is 30.3 Å². The third-order valence-corrected chi connectivity index (χ3v) is 3.56. The molecule has 1 aromatic rings. The second-order valence-corrected chi connectivity index (χ2v) is 5.82. The van der Waals surface area contributed by atoms with Gasteiger partial charge in [-0.05, 0) is 27.2 Å². The fraction of sp³-hybridized carbons (Fsp3) is 0.727. The van der Waals surface area contributed by atoms with E-state index < -0.39 is 10.8 Å². The minimum atomic E-state index is -0.694. The molecule has 92 valence electrons. The first-order valence-corrected chi connectivity index (χ1v) is 7.27. The van der Waals surface area contributed by atoms with Crippen LogP contribution in [0.4, 0.5) is 0 Å². The minimum Gasteiger partial charge on any atom is -0.310 e. The average molecular weight is 243 g/mol. The monoisotopic (exact) mass is 243 g/mol. The highest BCUT2D eigenvalue weighted by Crippen LogP contribution is 2.09. The van der Waals surface area contributed by atoms with Crippen LogP contribution < -0.4 is 5.32 Å². The topological polar surface area (TPSA) is 57.8 Å². The number of aromatic amines is 1. The molecule has 2 atom stereocenters. The number of aromatic nitrogens is 2. The summed E-state index contributed by atoms with van der Waals surface area (Å²) in [5, 5.41) is 10.6. The lowest BCUT2D eigenvalue weighted by atomic mass is 10.2. The smallest absolute Gasteiger partial charge is 0.0638 e. The van der Waals surface area contributed by atoms with Gasteiger partial charge in [0.2, 0.25) is 0 Å². The molecule has 1 aromatic heterocycles. The molecule has 0 spiro atoms. The Morgan fingerprint density at radius 2 is 2.19 bits per heavy atom. The zero-order valence-corrected chi connectivity index (χ0v) is 11.3. The highest BCUT2D eigenvalue weighted by atomic mass is 32.2. The van der Waals surface area contributed by atoms with Crippen LogP contribution in [0.2, 0.25) is 0 Å². The molecule has 0 radical (unpaired) electrons. The molecule has 0 aliphatic heterocycles. The first-order valence-electron chi connectivity index (χ1n) is 5.54.